The zero-order valence-electron chi connectivity index (χ0n) is 9.43. The minimum atomic E-state index is -2.91. The lowest BCUT2D eigenvalue weighted by molar-refractivity contribution is 0.0253. The highest BCUT2D eigenvalue weighted by atomic mass is 19.3. The van der Waals surface area contributed by atoms with E-state index in [1.165, 1.54) is 0 Å². The van der Waals surface area contributed by atoms with Crippen LogP contribution in [-0.4, -0.2) is 29.0 Å². The predicted octanol–water partition coefficient (Wildman–Crippen LogP) is 1.35. The molecule has 0 fully saturated rings. The molecule has 1 rings (SSSR count). The van der Waals surface area contributed by atoms with Crippen LogP contribution >= 0.6 is 0 Å². The van der Waals surface area contributed by atoms with E-state index in [2.05, 4.69) is 15.3 Å². The molecule has 3 N–H and O–H groups in total. The largest absolute Gasteiger partial charge is 0.364 e. The molecule has 4 nitrogen and oxygen atoms in total. The van der Waals surface area contributed by atoms with E-state index < -0.39 is 19.0 Å². The second-order valence-corrected chi connectivity index (χ2v) is 3.56. The Morgan fingerprint density at radius 1 is 1.44 bits per heavy atom. The molecule has 0 aliphatic carbocycles. The summed E-state index contributed by atoms with van der Waals surface area (Å²) in [4.78, 5) is 8.18. The monoisotopic (exact) mass is 230 g/mol. The number of anilines is 1. The Balaban J connectivity index is 2.70. The van der Waals surface area contributed by atoms with Gasteiger partial charge in [0.25, 0.3) is 5.92 Å². The highest BCUT2D eigenvalue weighted by molar-refractivity contribution is 5.36. The van der Waals surface area contributed by atoms with Gasteiger partial charge in [-0.05, 0) is 13.3 Å². The topological polar surface area (TPSA) is 63.8 Å². The van der Waals surface area contributed by atoms with Gasteiger partial charge in [-0.2, -0.15) is 0 Å². The van der Waals surface area contributed by atoms with Crippen molar-refractivity contribution in [2.75, 3.05) is 18.4 Å². The molecular formula is C10H16F2N4. The van der Waals surface area contributed by atoms with E-state index in [0.717, 1.165) is 12.1 Å². The van der Waals surface area contributed by atoms with Crippen LogP contribution in [0, 0.1) is 6.92 Å². The molecule has 0 saturated heterocycles. The normalized spacial score (nSPS) is 11.6. The van der Waals surface area contributed by atoms with E-state index >= 15 is 0 Å². The molecular weight excluding hydrogens is 214 g/mol. The van der Waals surface area contributed by atoms with Gasteiger partial charge in [0.2, 0.25) is 0 Å². The van der Waals surface area contributed by atoms with E-state index in [4.69, 9.17) is 5.73 Å². The number of alkyl halides is 2. The van der Waals surface area contributed by atoms with Crippen LogP contribution in [0.3, 0.4) is 0 Å². The molecule has 0 radical (unpaired) electrons. The Bertz CT molecular complexity index is 355. The van der Waals surface area contributed by atoms with E-state index in [1.54, 1.807) is 13.0 Å². The number of nitrogens with one attached hydrogen (secondary N) is 1. The first-order valence-electron chi connectivity index (χ1n) is 5.13. The minimum absolute atomic E-state index is 0.414. The summed E-state index contributed by atoms with van der Waals surface area (Å²) >= 11 is 0. The van der Waals surface area contributed by atoms with Crippen molar-refractivity contribution in [1.29, 1.82) is 0 Å². The van der Waals surface area contributed by atoms with E-state index in [0.29, 0.717) is 11.6 Å². The molecule has 90 valence electrons. The van der Waals surface area contributed by atoms with Crippen molar-refractivity contribution in [3.05, 3.63) is 17.6 Å². The third-order valence-corrected chi connectivity index (χ3v) is 2.08. The Morgan fingerprint density at radius 2 is 2.12 bits per heavy atom. The summed E-state index contributed by atoms with van der Waals surface area (Å²) in [7, 11) is 0. The lowest BCUT2D eigenvalue weighted by Gasteiger charge is -2.15. The standard InChI is InChI=1S/C10H16F2N4/c1-3-8-4-9(16-7(2)15-8)14-6-10(11,12)5-13/h4H,3,5-6,13H2,1-2H3,(H,14,15,16). The van der Waals surface area contributed by atoms with Crippen molar-refractivity contribution in [1.82, 2.24) is 9.97 Å². The van der Waals surface area contributed by atoms with Crippen LogP contribution in [0.15, 0.2) is 6.07 Å². The van der Waals surface area contributed by atoms with Gasteiger partial charge in [-0.1, -0.05) is 6.92 Å². The molecule has 0 aliphatic heterocycles. The summed E-state index contributed by atoms with van der Waals surface area (Å²) in [6.07, 6.45) is 0.741. The fraction of sp³-hybridized carbons (Fsp3) is 0.600. The van der Waals surface area contributed by atoms with Crippen molar-refractivity contribution in [2.45, 2.75) is 26.2 Å². The van der Waals surface area contributed by atoms with Gasteiger partial charge in [0.05, 0.1) is 13.1 Å². The summed E-state index contributed by atoms with van der Waals surface area (Å²) < 4.78 is 25.8. The number of aryl methyl sites for hydroxylation is 2. The van der Waals surface area contributed by atoms with E-state index in [1.807, 2.05) is 6.92 Å². The van der Waals surface area contributed by atoms with Gasteiger partial charge in [0.1, 0.15) is 11.6 Å². The highest BCUT2D eigenvalue weighted by Gasteiger charge is 2.26. The Kier molecular flexibility index (Phi) is 4.12. The number of nitrogens with zero attached hydrogens (tertiary/aromatic N) is 2. The maximum absolute atomic E-state index is 12.9. The van der Waals surface area contributed by atoms with Gasteiger partial charge in [-0.15, -0.1) is 0 Å². The molecule has 1 aromatic heterocycles. The predicted molar refractivity (Wildman–Crippen MR) is 58.6 cm³/mol. The lowest BCUT2D eigenvalue weighted by atomic mass is 10.3. The van der Waals surface area contributed by atoms with Crippen molar-refractivity contribution >= 4 is 5.82 Å². The first kappa shape index (κ1) is 12.8. The number of hydrogen-bond donors (Lipinski definition) is 2. The summed E-state index contributed by atoms with van der Waals surface area (Å²) in [5, 5.41) is 2.57. The summed E-state index contributed by atoms with van der Waals surface area (Å²) in [5.41, 5.74) is 5.76. The number of halogens is 2. The average molecular weight is 230 g/mol. The molecule has 0 atom stereocenters. The van der Waals surface area contributed by atoms with E-state index in [9.17, 15) is 8.78 Å². The molecule has 1 heterocycles. The molecule has 0 spiro atoms. The van der Waals surface area contributed by atoms with Crippen molar-refractivity contribution in [2.24, 2.45) is 5.73 Å². The number of aromatic nitrogens is 2. The molecule has 0 saturated carbocycles. The van der Waals surface area contributed by atoms with Crippen LogP contribution in [0.25, 0.3) is 0 Å². The van der Waals surface area contributed by atoms with Crippen LogP contribution in [-0.2, 0) is 6.42 Å². The number of rotatable bonds is 5. The Hall–Kier alpha value is -1.30. The third-order valence-electron chi connectivity index (χ3n) is 2.08. The highest BCUT2D eigenvalue weighted by Crippen LogP contribution is 2.13. The molecule has 0 unspecified atom stereocenters. The molecule has 0 amide bonds. The zero-order valence-corrected chi connectivity index (χ0v) is 9.43. The summed E-state index contributed by atoms with van der Waals surface area (Å²) in [6, 6.07) is 1.67. The molecule has 16 heavy (non-hydrogen) atoms. The van der Waals surface area contributed by atoms with Crippen LogP contribution < -0.4 is 11.1 Å². The first-order chi connectivity index (χ1) is 7.46. The number of hydrogen-bond acceptors (Lipinski definition) is 4. The van der Waals surface area contributed by atoms with E-state index in [-0.39, 0.29) is 0 Å². The Labute approximate surface area is 93.3 Å². The first-order valence-corrected chi connectivity index (χ1v) is 5.13. The van der Waals surface area contributed by atoms with Gasteiger partial charge in [-0.25, -0.2) is 18.7 Å². The molecule has 0 aliphatic rings. The minimum Gasteiger partial charge on any atom is -0.364 e. The maximum atomic E-state index is 12.9. The van der Waals surface area contributed by atoms with Crippen molar-refractivity contribution in [3.63, 3.8) is 0 Å². The van der Waals surface area contributed by atoms with Crippen LogP contribution in [0.1, 0.15) is 18.4 Å². The summed E-state index contributed by atoms with van der Waals surface area (Å²) in [5.74, 6) is -1.93. The third kappa shape index (κ3) is 3.69. The quantitative estimate of drug-likeness (QED) is 0.801. The van der Waals surface area contributed by atoms with Crippen LogP contribution in [0.5, 0.6) is 0 Å². The fourth-order valence-corrected chi connectivity index (χ4v) is 1.19. The SMILES string of the molecule is CCc1cc(NCC(F)(F)CN)nc(C)n1. The molecule has 0 aromatic carbocycles. The zero-order chi connectivity index (χ0) is 12.2. The van der Waals surface area contributed by atoms with Gasteiger partial charge < -0.3 is 11.1 Å². The molecule has 1 aromatic rings. The van der Waals surface area contributed by atoms with Crippen molar-refractivity contribution < 1.29 is 8.78 Å². The smallest absolute Gasteiger partial charge is 0.276 e. The van der Waals surface area contributed by atoms with Gasteiger partial charge in [0, 0.05) is 11.8 Å². The van der Waals surface area contributed by atoms with Crippen molar-refractivity contribution in [3.8, 4) is 0 Å². The summed E-state index contributed by atoms with van der Waals surface area (Å²) in [6.45, 7) is 2.49. The number of nitrogens with two attached hydrogens (primary N) is 1. The second kappa shape index (κ2) is 5.16. The molecule has 6 heteroatoms. The second-order valence-electron chi connectivity index (χ2n) is 3.56. The Morgan fingerprint density at radius 3 is 2.69 bits per heavy atom. The fourth-order valence-electron chi connectivity index (χ4n) is 1.19. The van der Waals surface area contributed by atoms with Crippen LogP contribution in [0.2, 0.25) is 0 Å². The van der Waals surface area contributed by atoms with Gasteiger partial charge >= 0.3 is 0 Å². The lowest BCUT2D eigenvalue weighted by Crippen LogP contribution is -2.35. The average Bonchev–Trinajstić information content (AvgIpc) is 2.26. The van der Waals surface area contributed by atoms with Crippen LogP contribution in [0.4, 0.5) is 14.6 Å². The van der Waals surface area contributed by atoms with Gasteiger partial charge in [-0.3, -0.25) is 0 Å². The maximum Gasteiger partial charge on any atom is 0.276 e. The van der Waals surface area contributed by atoms with Gasteiger partial charge in [0.15, 0.2) is 0 Å². The molecule has 0 bridgehead atoms.